The van der Waals surface area contributed by atoms with Crippen molar-refractivity contribution in [3.05, 3.63) is 7.11 Å². The molecule has 0 aliphatic rings. The van der Waals surface area contributed by atoms with E-state index in [1.807, 2.05) is 36.4 Å². The van der Waals surface area contributed by atoms with Gasteiger partial charge < -0.3 is 4.74 Å². The Bertz CT molecular complexity index is 118. The largest absolute Gasteiger partial charge is 0.361 e. The van der Waals surface area contributed by atoms with E-state index in [9.17, 15) is 0 Å². The topological polar surface area (TPSA) is 9.23 Å². The molecule has 0 unspecified atom stereocenters. The molecule has 0 fully saturated rings. The number of halogens is 1. The van der Waals surface area contributed by atoms with Gasteiger partial charge in [0, 0.05) is 22.6 Å². The van der Waals surface area contributed by atoms with Gasteiger partial charge in [0.15, 0.2) is 0 Å². The molecule has 0 aromatic rings. The Labute approximate surface area is 63.9 Å². The highest BCUT2D eigenvalue weighted by Gasteiger charge is 2.10. The van der Waals surface area contributed by atoms with Gasteiger partial charge in [-0.25, -0.2) is 0 Å². The van der Waals surface area contributed by atoms with Gasteiger partial charge in [0.1, 0.15) is 5.60 Å². The van der Waals surface area contributed by atoms with Crippen molar-refractivity contribution >= 4 is 22.6 Å². The first-order chi connectivity index (χ1) is 3.62. The van der Waals surface area contributed by atoms with Crippen LogP contribution < -0.4 is 0 Å². The van der Waals surface area contributed by atoms with Crippen molar-refractivity contribution in [1.29, 1.82) is 0 Å². The maximum Gasteiger partial charge on any atom is 0.124 e. The fourth-order valence-electron chi connectivity index (χ4n) is 0.150. The molecule has 0 rings (SSSR count). The van der Waals surface area contributed by atoms with E-state index in [1.165, 1.54) is 0 Å². The molecule has 1 nitrogen and oxygen atoms in total. The van der Waals surface area contributed by atoms with Crippen LogP contribution >= 0.6 is 22.6 Å². The van der Waals surface area contributed by atoms with Gasteiger partial charge in [0.25, 0.3) is 0 Å². The van der Waals surface area contributed by atoms with E-state index in [1.54, 1.807) is 0 Å². The van der Waals surface area contributed by atoms with Gasteiger partial charge in [0.2, 0.25) is 0 Å². The second kappa shape index (κ2) is 3.31. The third-order valence-corrected chi connectivity index (χ3v) is 0.979. The van der Waals surface area contributed by atoms with Crippen molar-refractivity contribution in [2.45, 2.75) is 19.4 Å². The summed E-state index contributed by atoms with van der Waals surface area (Å²) in [6, 6.07) is 0. The Kier molecular flexibility index (Phi) is 3.41. The van der Waals surface area contributed by atoms with Crippen LogP contribution in [-0.2, 0) is 4.74 Å². The average Bonchev–Trinajstić information content (AvgIpc) is 1.67. The predicted octanol–water partition coefficient (Wildman–Crippen LogP) is 1.97. The van der Waals surface area contributed by atoms with Crippen LogP contribution in [0.5, 0.6) is 0 Å². The summed E-state index contributed by atoms with van der Waals surface area (Å²) in [7, 11) is 3.27. The van der Waals surface area contributed by atoms with Crippen LogP contribution in [0.2, 0.25) is 0 Å². The van der Waals surface area contributed by atoms with E-state index < -0.39 is 0 Å². The summed E-state index contributed by atoms with van der Waals surface area (Å²) in [4.78, 5) is 0. The van der Waals surface area contributed by atoms with E-state index in [-0.39, 0.29) is 5.60 Å². The van der Waals surface area contributed by atoms with Crippen LogP contribution in [0.15, 0.2) is 0 Å². The van der Waals surface area contributed by atoms with Gasteiger partial charge in [-0.3, -0.25) is 0 Å². The lowest BCUT2D eigenvalue weighted by atomic mass is 10.2. The fourth-order valence-corrected chi connectivity index (χ4v) is 0.799. The molecule has 0 N–H and O–H groups in total. The highest BCUT2D eigenvalue weighted by atomic mass is 127. The number of hydrogen-bond donors (Lipinski definition) is 0. The zero-order chi connectivity index (χ0) is 6.62. The Morgan fingerprint density at radius 2 is 2.12 bits per heavy atom. The van der Waals surface area contributed by atoms with E-state index in [0.29, 0.717) is 0 Å². The molecule has 1 radical (unpaired) electrons. The van der Waals surface area contributed by atoms with E-state index in [0.717, 1.165) is 0 Å². The summed E-state index contributed by atoms with van der Waals surface area (Å²) in [6.07, 6.45) is 0. The van der Waals surface area contributed by atoms with Crippen LogP contribution in [-0.4, -0.2) is 5.60 Å². The van der Waals surface area contributed by atoms with E-state index in [4.69, 9.17) is 4.74 Å². The normalized spacial score (nSPS) is 10.0. The average molecular weight is 223 g/mol. The smallest absolute Gasteiger partial charge is 0.124 e. The molecule has 0 aliphatic heterocycles. The highest BCUT2D eigenvalue weighted by molar-refractivity contribution is 14.1. The van der Waals surface area contributed by atoms with Crippen molar-refractivity contribution in [1.82, 2.24) is 0 Å². The maximum absolute atomic E-state index is 4.75. The molecule has 45 valence electrons. The SMILES string of the molecule is [CH2]OC(C)(C)C#CI. The molecule has 2 heteroatoms. The molecule has 0 aromatic heterocycles. The molecule has 0 atom stereocenters. The zero-order valence-electron chi connectivity index (χ0n) is 4.99. The first kappa shape index (κ1) is 8.25. The lowest BCUT2D eigenvalue weighted by Gasteiger charge is -2.13. The lowest BCUT2D eigenvalue weighted by Crippen LogP contribution is -2.17. The van der Waals surface area contributed by atoms with Gasteiger partial charge >= 0.3 is 0 Å². The standard InChI is InChI=1S/C6H8IO/c1-6(2,8-3)4-5-7/h3H2,1-2H3. The lowest BCUT2D eigenvalue weighted by molar-refractivity contribution is 0.108. The summed E-state index contributed by atoms with van der Waals surface area (Å²) in [5, 5.41) is 0. The molecule has 0 saturated carbocycles. The molecular weight excluding hydrogens is 215 g/mol. The Morgan fingerprint density at radius 3 is 2.25 bits per heavy atom. The molecule has 0 amide bonds. The van der Waals surface area contributed by atoms with Crippen molar-refractivity contribution in [3.8, 4) is 9.85 Å². The van der Waals surface area contributed by atoms with Crippen LogP contribution in [0, 0.1) is 17.0 Å². The summed E-state index contributed by atoms with van der Waals surface area (Å²) in [5.74, 6) is 2.82. The molecule has 8 heavy (non-hydrogen) atoms. The van der Waals surface area contributed by atoms with Crippen LogP contribution in [0.25, 0.3) is 0 Å². The number of hydrogen-bond acceptors (Lipinski definition) is 1. The Balaban J connectivity index is 3.85. The monoisotopic (exact) mass is 223 g/mol. The maximum atomic E-state index is 4.75. The Morgan fingerprint density at radius 1 is 1.62 bits per heavy atom. The van der Waals surface area contributed by atoms with Crippen molar-refractivity contribution in [2.75, 3.05) is 0 Å². The first-order valence-corrected chi connectivity index (χ1v) is 3.26. The second-order valence-electron chi connectivity index (χ2n) is 1.87. The third-order valence-electron chi connectivity index (χ3n) is 0.709. The highest BCUT2D eigenvalue weighted by Crippen LogP contribution is 2.05. The van der Waals surface area contributed by atoms with Crippen LogP contribution in [0.1, 0.15) is 13.8 Å². The molecule has 0 bridgehead atoms. The van der Waals surface area contributed by atoms with Crippen molar-refractivity contribution < 1.29 is 4.74 Å². The number of ether oxygens (including phenoxy) is 1. The van der Waals surface area contributed by atoms with Gasteiger partial charge in [-0.1, -0.05) is 5.92 Å². The molecule has 0 aromatic carbocycles. The summed E-state index contributed by atoms with van der Waals surface area (Å²) in [5.41, 5.74) is -0.388. The van der Waals surface area contributed by atoms with Crippen LogP contribution in [0.4, 0.5) is 0 Å². The summed E-state index contributed by atoms with van der Waals surface area (Å²) < 4.78 is 7.46. The molecule has 0 spiro atoms. The van der Waals surface area contributed by atoms with Crippen molar-refractivity contribution in [2.24, 2.45) is 0 Å². The van der Waals surface area contributed by atoms with E-state index >= 15 is 0 Å². The third kappa shape index (κ3) is 3.28. The molecule has 0 aliphatic carbocycles. The minimum Gasteiger partial charge on any atom is -0.361 e. The zero-order valence-corrected chi connectivity index (χ0v) is 7.15. The van der Waals surface area contributed by atoms with Crippen molar-refractivity contribution in [3.63, 3.8) is 0 Å². The Hall–Kier alpha value is 0.250. The predicted molar refractivity (Wildman–Crippen MR) is 42.3 cm³/mol. The molecule has 0 heterocycles. The van der Waals surface area contributed by atoms with Gasteiger partial charge in [0.05, 0.1) is 7.11 Å². The minimum atomic E-state index is -0.388. The number of rotatable bonds is 1. The van der Waals surface area contributed by atoms with E-state index in [2.05, 4.69) is 17.0 Å². The first-order valence-electron chi connectivity index (χ1n) is 2.18. The van der Waals surface area contributed by atoms with Gasteiger partial charge in [-0.2, -0.15) is 0 Å². The van der Waals surface area contributed by atoms with Gasteiger partial charge in [-0.15, -0.1) is 0 Å². The summed E-state index contributed by atoms with van der Waals surface area (Å²) >= 11 is 1.97. The molecular formula is C6H8IO. The molecule has 0 saturated heterocycles. The van der Waals surface area contributed by atoms with Crippen LogP contribution in [0.3, 0.4) is 0 Å². The second-order valence-corrected chi connectivity index (χ2v) is 2.41. The fraction of sp³-hybridized carbons (Fsp3) is 0.500. The minimum absolute atomic E-state index is 0.388. The van der Waals surface area contributed by atoms with Gasteiger partial charge in [-0.05, 0) is 17.8 Å². The summed E-state index contributed by atoms with van der Waals surface area (Å²) in [6.45, 7) is 3.73. The quantitative estimate of drug-likeness (QED) is 0.487.